The summed E-state index contributed by atoms with van der Waals surface area (Å²) in [5, 5.41) is 0. The van der Waals surface area contributed by atoms with Crippen LogP contribution in [0.25, 0.3) is 11.1 Å². The van der Waals surface area contributed by atoms with Gasteiger partial charge in [-0.15, -0.1) is 0 Å². The summed E-state index contributed by atoms with van der Waals surface area (Å²) < 4.78 is 42.9. The number of ether oxygens (including phenoxy) is 1. The predicted molar refractivity (Wildman–Crippen MR) is 84.8 cm³/mol. The molecule has 8 heteroatoms. The zero-order valence-corrected chi connectivity index (χ0v) is 13.5. The zero-order valence-electron chi connectivity index (χ0n) is 13.5. The van der Waals surface area contributed by atoms with Gasteiger partial charge in [0.05, 0.1) is 13.5 Å². The highest BCUT2D eigenvalue weighted by Gasteiger charge is 2.32. The van der Waals surface area contributed by atoms with Crippen molar-refractivity contribution in [2.24, 2.45) is 5.92 Å². The molecule has 0 radical (unpaired) electrons. The quantitative estimate of drug-likeness (QED) is 0.792. The van der Waals surface area contributed by atoms with Crippen molar-refractivity contribution in [3.05, 3.63) is 42.4 Å². The number of alkyl halides is 3. The number of rotatable bonds is 4. The Morgan fingerprint density at radius 2 is 2.00 bits per heavy atom. The molecule has 0 amide bonds. The highest BCUT2D eigenvalue weighted by molar-refractivity contribution is 5.70. The van der Waals surface area contributed by atoms with Gasteiger partial charge >= 0.3 is 12.1 Å². The second-order valence-electron chi connectivity index (χ2n) is 5.88. The molecule has 5 nitrogen and oxygen atoms in total. The van der Waals surface area contributed by atoms with E-state index in [9.17, 15) is 18.0 Å². The Balaban J connectivity index is 1.67. The Morgan fingerprint density at radius 1 is 1.24 bits per heavy atom. The van der Waals surface area contributed by atoms with Crippen molar-refractivity contribution in [2.45, 2.75) is 12.6 Å². The standard InChI is InChI=1S/C17H16F3N3O2/c1-25-16(24)6-11-9-23(10-11)15-3-2-13(8-22-15)12-4-5-21-14(7-12)17(18,19)20/h2-5,7-8,11H,6,9-10H2,1H3. The van der Waals surface area contributed by atoms with E-state index in [2.05, 4.69) is 14.7 Å². The predicted octanol–water partition coefficient (Wildman–Crippen LogP) is 3.16. The topological polar surface area (TPSA) is 55.3 Å². The van der Waals surface area contributed by atoms with Gasteiger partial charge in [0, 0.05) is 37.0 Å². The Morgan fingerprint density at radius 3 is 2.60 bits per heavy atom. The molecule has 0 spiro atoms. The highest BCUT2D eigenvalue weighted by atomic mass is 19.4. The van der Waals surface area contributed by atoms with E-state index in [1.54, 1.807) is 18.3 Å². The molecule has 1 aliphatic heterocycles. The van der Waals surface area contributed by atoms with Crippen LogP contribution in [0.15, 0.2) is 36.7 Å². The largest absolute Gasteiger partial charge is 0.469 e. The summed E-state index contributed by atoms with van der Waals surface area (Å²) in [6.45, 7) is 1.41. The Hall–Kier alpha value is -2.64. The number of pyridine rings is 2. The lowest BCUT2D eigenvalue weighted by Gasteiger charge is -2.39. The van der Waals surface area contributed by atoms with Crippen molar-refractivity contribution in [3.63, 3.8) is 0 Å². The number of hydrogen-bond acceptors (Lipinski definition) is 5. The molecule has 0 aliphatic carbocycles. The summed E-state index contributed by atoms with van der Waals surface area (Å²) in [7, 11) is 1.36. The Bertz CT molecular complexity index is 756. The average Bonchev–Trinajstić information content (AvgIpc) is 2.57. The molecule has 25 heavy (non-hydrogen) atoms. The number of hydrogen-bond donors (Lipinski definition) is 0. The van der Waals surface area contributed by atoms with E-state index in [1.807, 2.05) is 4.90 Å². The number of nitrogens with zero attached hydrogens (tertiary/aromatic N) is 3. The van der Waals surface area contributed by atoms with Crippen LogP contribution < -0.4 is 4.90 Å². The minimum absolute atomic E-state index is 0.230. The molecule has 2 aromatic rings. The van der Waals surface area contributed by atoms with Gasteiger partial charge in [-0.05, 0) is 29.8 Å². The first-order valence-electron chi connectivity index (χ1n) is 7.68. The molecule has 1 aliphatic rings. The third-order valence-electron chi connectivity index (χ3n) is 4.10. The first-order valence-corrected chi connectivity index (χ1v) is 7.68. The van der Waals surface area contributed by atoms with Crippen LogP contribution in [-0.2, 0) is 15.7 Å². The summed E-state index contributed by atoms with van der Waals surface area (Å²) in [5.41, 5.74) is 0.0688. The fraction of sp³-hybridized carbons (Fsp3) is 0.353. The molecule has 0 unspecified atom stereocenters. The van der Waals surface area contributed by atoms with Crippen LogP contribution in [0.4, 0.5) is 19.0 Å². The van der Waals surface area contributed by atoms with Crippen molar-refractivity contribution in [3.8, 4) is 11.1 Å². The third-order valence-corrected chi connectivity index (χ3v) is 4.10. The molecular formula is C17H16F3N3O2. The van der Waals surface area contributed by atoms with Crippen molar-refractivity contribution >= 4 is 11.8 Å². The van der Waals surface area contributed by atoms with Gasteiger partial charge in [-0.1, -0.05) is 0 Å². The molecule has 3 rings (SSSR count). The maximum atomic E-state index is 12.7. The van der Waals surface area contributed by atoms with E-state index in [-0.39, 0.29) is 11.9 Å². The molecule has 2 aromatic heterocycles. The maximum absolute atomic E-state index is 12.7. The fourth-order valence-electron chi connectivity index (χ4n) is 2.71. The summed E-state index contributed by atoms with van der Waals surface area (Å²) >= 11 is 0. The van der Waals surface area contributed by atoms with Gasteiger partial charge in [0.1, 0.15) is 11.5 Å². The van der Waals surface area contributed by atoms with Crippen LogP contribution in [0, 0.1) is 5.92 Å². The van der Waals surface area contributed by atoms with Crippen LogP contribution in [0.2, 0.25) is 0 Å². The van der Waals surface area contributed by atoms with Crippen LogP contribution in [-0.4, -0.2) is 36.1 Å². The molecule has 0 N–H and O–H groups in total. The molecule has 1 fully saturated rings. The minimum Gasteiger partial charge on any atom is -0.469 e. The second kappa shape index (κ2) is 6.70. The second-order valence-corrected chi connectivity index (χ2v) is 5.88. The number of methoxy groups -OCH3 is 1. The van der Waals surface area contributed by atoms with Crippen molar-refractivity contribution in [2.75, 3.05) is 25.1 Å². The smallest absolute Gasteiger partial charge is 0.433 e. The van der Waals surface area contributed by atoms with Crippen molar-refractivity contribution < 1.29 is 22.7 Å². The summed E-state index contributed by atoms with van der Waals surface area (Å²) in [6.07, 6.45) is -1.42. The van der Waals surface area contributed by atoms with E-state index in [4.69, 9.17) is 0 Å². The molecule has 0 bridgehead atoms. The van der Waals surface area contributed by atoms with Gasteiger partial charge < -0.3 is 9.64 Å². The zero-order chi connectivity index (χ0) is 18.0. The van der Waals surface area contributed by atoms with E-state index in [0.29, 0.717) is 30.6 Å². The molecule has 0 aromatic carbocycles. The maximum Gasteiger partial charge on any atom is 0.433 e. The Labute approximate surface area is 142 Å². The lowest BCUT2D eigenvalue weighted by atomic mass is 9.96. The molecular weight excluding hydrogens is 335 g/mol. The van der Waals surface area contributed by atoms with Gasteiger partial charge in [-0.2, -0.15) is 13.2 Å². The number of esters is 1. The lowest BCUT2D eigenvalue weighted by Crippen LogP contribution is -2.48. The molecule has 1 saturated heterocycles. The number of halogens is 3. The normalized spacial score (nSPS) is 15.0. The summed E-state index contributed by atoms with van der Waals surface area (Å²) in [4.78, 5) is 20.9. The van der Waals surface area contributed by atoms with Crippen LogP contribution in [0.3, 0.4) is 0 Å². The lowest BCUT2D eigenvalue weighted by molar-refractivity contribution is -0.142. The van der Waals surface area contributed by atoms with E-state index >= 15 is 0 Å². The van der Waals surface area contributed by atoms with E-state index in [1.165, 1.54) is 13.2 Å². The number of aromatic nitrogens is 2. The van der Waals surface area contributed by atoms with Gasteiger partial charge in [-0.25, -0.2) is 4.98 Å². The van der Waals surface area contributed by atoms with Gasteiger partial charge in [0.2, 0.25) is 0 Å². The first kappa shape index (κ1) is 17.2. The monoisotopic (exact) mass is 351 g/mol. The minimum atomic E-state index is -4.48. The van der Waals surface area contributed by atoms with E-state index < -0.39 is 11.9 Å². The average molecular weight is 351 g/mol. The molecule has 132 valence electrons. The highest BCUT2D eigenvalue weighted by Crippen LogP contribution is 2.31. The molecule has 3 heterocycles. The number of carbonyl (C=O) groups is 1. The van der Waals surface area contributed by atoms with E-state index in [0.717, 1.165) is 18.1 Å². The van der Waals surface area contributed by atoms with Gasteiger partial charge in [0.25, 0.3) is 0 Å². The van der Waals surface area contributed by atoms with Gasteiger partial charge in [-0.3, -0.25) is 9.78 Å². The summed E-state index contributed by atoms with van der Waals surface area (Å²) in [5.74, 6) is 0.740. The van der Waals surface area contributed by atoms with Crippen LogP contribution in [0.1, 0.15) is 12.1 Å². The van der Waals surface area contributed by atoms with Crippen LogP contribution in [0.5, 0.6) is 0 Å². The fourth-order valence-corrected chi connectivity index (χ4v) is 2.71. The Kier molecular flexibility index (Phi) is 4.61. The number of anilines is 1. The van der Waals surface area contributed by atoms with Crippen LogP contribution >= 0.6 is 0 Å². The van der Waals surface area contributed by atoms with Gasteiger partial charge in [0.15, 0.2) is 0 Å². The van der Waals surface area contributed by atoms with Crippen molar-refractivity contribution in [1.82, 2.24) is 9.97 Å². The molecule has 0 atom stereocenters. The van der Waals surface area contributed by atoms with Crippen molar-refractivity contribution in [1.29, 1.82) is 0 Å². The SMILES string of the molecule is COC(=O)CC1CN(c2ccc(-c3ccnc(C(F)(F)F)c3)cn2)C1. The first-order chi connectivity index (χ1) is 11.9. The summed E-state index contributed by atoms with van der Waals surface area (Å²) in [6, 6.07) is 6.01. The third kappa shape index (κ3) is 3.89. The number of carbonyl (C=O) groups excluding carboxylic acids is 1. The molecule has 0 saturated carbocycles.